The van der Waals surface area contributed by atoms with Crippen LogP contribution in [0.5, 0.6) is 0 Å². The number of ether oxygens (including phenoxy) is 1. The number of nitrogens with one attached hydrogen (secondary N) is 1. The summed E-state index contributed by atoms with van der Waals surface area (Å²) in [5, 5.41) is 3.96. The highest BCUT2D eigenvalue weighted by Crippen LogP contribution is 2.29. The topological polar surface area (TPSA) is 21.3 Å². The second kappa shape index (κ2) is 7.52. The van der Waals surface area contributed by atoms with Gasteiger partial charge in [0, 0.05) is 5.02 Å². The zero-order valence-electron chi connectivity index (χ0n) is 13.4. The molecule has 0 aliphatic carbocycles. The minimum Gasteiger partial charge on any atom is -0.376 e. The van der Waals surface area contributed by atoms with E-state index < -0.39 is 0 Å². The Bertz CT molecular complexity index is 683. The zero-order chi connectivity index (χ0) is 17.0. The van der Waals surface area contributed by atoms with Crippen molar-refractivity contribution in [3.63, 3.8) is 0 Å². The minimum atomic E-state index is -0.351. The largest absolute Gasteiger partial charge is 0.376 e. The van der Waals surface area contributed by atoms with Crippen molar-refractivity contribution in [2.24, 2.45) is 5.41 Å². The van der Waals surface area contributed by atoms with Crippen LogP contribution in [0.3, 0.4) is 0 Å². The van der Waals surface area contributed by atoms with Crippen LogP contribution in [0.1, 0.15) is 26.3 Å². The van der Waals surface area contributed by atoms with Gasteiger partial charge in [0.05, 0.1) is 29.6 Å². The summed E-state index contributed by atoms with van der Waals surface area (Å²) in [6.45, 7) is 7.38. The average Bonchev–Trinajstić information content (AvgIpc) is 2.44. The van der Waals surface area contributed by atoms with Crippen LogP contribution in [-0.2, 0) is 11.3 Å². The molecule has 2 aromatic carbocycles. The number of hydrogen-bond donors (Lipinski definition) is 1. The molecule has 0 saturated carbocycles. The Labute approximate surface area is 146 Å². The highest BCUT2D eigenvalue weighted by molar-refractivity contribution is 6.36. The molecule has 0 amide bonds. The lowest BCUT2D eigenvalue weighted by Gasteiger charge is -2.18. The van der Waals surface area contributed by atoms with Gasteiger partial charge in [-0.2, -0.15) is 0 Å². The first-order valence-corrected chi connectivity index (χ1v) is 8.08. The number of benzene rings is 2. The van der Waals surface area contributed by atoms with Gasteiger partial charge in [-0.1, -0.05) is 50.0 Å². The molecule has 2 nitrogen and oxygen atoms in total. The maximum atomic E-state index is 14.0. The monoisotopic (exact) mass is 355 g/mol. The molecular formula is C18H20Cl2FNO. The van der Waals surface area contributed by atoms with Crippen molar-refractivity contribution in [1.82, 2.24) is 0 Å². The number of anilines is 2. The van der Waals surface area contributed by atoms with Crippen LogP contribution in [-0.4, -0.2) is 6.61 Å². The van der Waals surface area contributed by atoms with Gasteiger partial charge < -0.3 is 10.1 Å². The fourth-order valence-electron chi connectivity index (χ4n) is 1.97. The Balaban J connectivity index is 2.11. The van der Waals surface area contributed by atoms with E-state index in [1.165, 1.54) is 6.07 Å². The predicted octanol–water partition coefficient (Wildman–Crippen LogP) is 6.44. The number of hydrogen-bond acceptors (Lipinski definition) is 2. The molecular weight excluding hydrogens is 336 g/mol. The molecule has 2 rings (SSSR count). The summed E-state index contributed by atoms with van der Waals surface area (Å²) in [7, 11) is 0. The van der Waals surface area contributed by atoms with Crippen molar-refractivity contribution >= 4 is 34.6 Å². The molecule has 2 aromatic rings. The Kier molecular flexibility index (Phi) is 5.90. The van der Waals surface area contributed by atoms with Gasteiger partial charge in [-0.3, -0.25) is 0 Å². The summed E-state index contributed by atoms with van der Waals surface area (Å²) in [6, 6.07) is 9.88. The molecule has 0 aromatic heterocycles. The van der Waals surface area contributed by atoms with Crippen LogP contribution in [0.25, 0.3) is 0 Å². The SMILES string of the molecule is CC(C)(C)COCc1ccc(F)c(Nc2ccc(Cl)cc2Cl)c1. The van der Waals surface area contributed by atoms with E-state index in [1.807, 2.05) is 0 Å². The second-order valence-corrected chi connectivity index (χ2v) is 7.46. The highest BCUT2D eigenvalue weighted by atomic mass is 35.5. The molecule has 0 fully saturated rings. The third-order valence-corrected chi connectivity index (χ3v) is 3.58. The van der Waals surface area contributed by atoms with Gasteiger partial charge in [-0.05, 0) is 41.3 Å². The van der Waals surface area contributed by atoms with Crippen LogP contribution in [0.15, 0.2) is 36.4 Å². The molecule has 124 valence electrons. The smallest absolute Gasteiger partial charge is 0.146 e. The quantitative estimate of drug-likeness (QED) is 0.666. The first kappa shape index (κ1) is 18.1. The summed E-state index contributed by atoms with van der Waals surface area (Å²) in [5.41, 5.74) is 1.94. The second-order valence-electron chi connectivity index (χ2n) is 6.62. The Hall–Kier alpha value is -1.29. The molecule has 23 heavy (non-hydrogen) atoms. The summed E-state index contributed by atoms with van der Waals surface area (Å²) >= 11 is 12.0. The molecule has 0 unspecified atom stereocenters. The van der Waals surface area contributed by atoms with Gasteiger partial charge >= 0.3 is 0 Å². The van der Waals surface area contributed by atoms with Crippen LogP contribution in [0.4, 0.5) is 15.8 Å². The maximum absolute atomic E-state index is 14.0. The highest BCUT2D eigenvalue weighted by Gasteiger charge is 2.11. The normalized spacial score (nSPS) is 11.6. The zero-order valence-corrected chi connectivity index (χ0v) is 14.9. The Morgan fingerprint density at radius 3 is 2.43 bits per heavy atom. The minimum absolute atomic E-state index is 0.0952. The van der Waals surface area contributed by atoms with Crippen molar-refractivity contribution in [2.75, 3.05) is 11.9 Å². The van der Waals surface area contributed by atoms with Crippen LogP contribution in [0.2, 0.25) is 10.0 Å². The number of halogens is 3. The molecule has 0 bridgehead atoms. The van der Waals surface area contributed by atoms with Crippen LogP contribution >= 0.6 is 23.2 Å². The van der Waals surface area contributed by atoms with Crippen molar-refractivity contribution in [3.8, 4) is 0 Å². The lowest BCUT2D eigenvalue weighted by Crippen LogP contribution is -2.14. The number of rotatable bonds is 5. The molecule has 0 radical (unpaired) electrons. The molecule has 1 N–H and O–H groups in total. The summed E-state index contributed by atoms with van der Waals surface area (Å²) < 4.78 is 19.7. The first-order valence-electron chi connectivity index (χ1n) is 7.33. The van der Waals surface area contributed by atoms with Crippen molar-refractivity contribution in [1.29, 1.82) is 0 Å². The summed E-state index contributed by atoms with van der Waals surface area (Å²) in [4.78, 5) is 0. The van der Waals surface area contributed by atoms with E-state index in [9.17, 15) is 4.39 Å². The molecule has 0 aliphatic rings. The fourth-order valence-corrected chi connectivity index (χ4v) is 2.42. The average molecular weight is 356 g/mol. The molecule has 0 heterocycles. The standard InChI is InChI=1S/C18H20Cl2FNO/c1-18(2,3)11-23-10-12-4-6-15(21)17(8-12)22-16-7-5-13(19)9-14(16)20/h4-9,22H,10-11H2,1-3H3. The fraction of sp³-hybridized carbons (Fsp3) is 0.333. The molecule has 0 saturated heterocycles. The van der Waals surface area contributed by atoms with Gasteiger partial charge in [0.25, 0.3) is 0 Å². The van der Waals surface area contributed by atoms with Crippen molar-refractivity contribution in [2.45, 2.75) is 27.4 Å². The van der Waals surface area contributed by atoms with Gasteiger partial charge in [-0.15, -0.1) is 0 Å². The lowest BCUT2D eigenvalue weighted by molar-refractivity contribution is 0.0599. The third kappa shape index (κ3) is 5.69. The Morgan fingerprint density at radius 1 is 1.04 bits per heavy atom. The lowest BCUT2D eigenvalue weighted by atomic mass is 9.99. The Morgan fingerprint density at radius 2 is 1.78 bits per heavy atom. The van der Waals surface area contributed by atoms with E-state index in [-0.39, 0.29) is 11.2 Å². The molecule has 0 atom stereocenters. The van der Waals surface area contributed by atoms with Gasteiger partial charge in [-0.25, -0.2) is 4.39 Å². The predicted molar refractivity (Wildman–Crippen MR) is 95.3 cm³/mol. The van der Waals surface area contributed by atoms with Crippen LogP contribution in [0, 0.1) is 11.2 Å². The van der Waals surface area contributed by atoms with Crippen molar-refractivity contribution < 1.29 is 9.13 Å². The maximum Gasteiger partial charge on any atom is 0.146 e. The van der Waals surface area contributed by atoms with E-state index in [0.717, 1.165) is 5.56 Å². The van der Waals surface area contributed by atoms with E-state index in [2.05, 4.69) is 26.1 Å². The van der Waals surface area contributed by atoms with Gasteiger partial charge in [0.1, 0.15) is 5.82 Å². The first-order chi connectivity index (χ1) is 10.7. The molecule has 0 spiro atoms. The molecule has 0 aliphatic heterocycles. The summed E-state index contributed by atoms with van der Waals surface area (Å²) in [5.74, 6) is -0.351. The van der Waals surface area contributed by atoms with Gasteiger partial charge in [0.15, 0.2) is 0 Å². The van der Waals surface area contributed by atoms with Crippen LogP contribution < -0.4 is 5.32 Å². The van der Waals surface area contributed by atoms with Crippen molar-refractivity contribution in [3.05, 3.63) is 57.8 Å². The third-order valence-electron chi connectivity index (χ3n) is 3.04. The van der Waals surface area contributed by atoms with E-state index >= 15 is 0 Å². The van der Waals surface area contributed by atoms with E-state index in [1.54, 1.807) is 30.3 Å². The van der Waals surface area contributed by atoms with E-state index in [0.29, 0.717) is 34.6 Å². The molecule has 5 heteroatoms. The van der Waals surface area contributed by atoms with E-state index in [4.69, 9.17) is 27.9 Å². The van der Waals surface area contributed by atoms with Gasteiger partial charge in [0.2, 0.25) is 0 Å². The summed E-state index contributed by atoms with van der Waals surface area (Å²) in [6.07, 6.45) is 0.